The molecule has 216 valence electrons. The third kappa shape index (κ3) is 13.7. The average molecular weight is 547 g/mol. The number of aromatic nitrogens is 1. The Bertz CT molecular complexity index is 1040. The summed E-state index contributed by atoms with van der Waals surface area (Å²) in [5, 5.41) is 11.2. The molecule has 3 rings (SSSR count). The number of rotatable bonds is 12. The lowest BCUT2D eigenvalue weighted by Crippen LogP contribution is -2.48. The molecule has 1 aromatic heterocycles. The van der Waals surface area contributed by atoms with Gasteiger partial charge in [0, 0.05) is 19.2 Å². The minimum atomic E-state index is -0.745. The summed E-state index contributed by atoms with van der Waals surface area (Å²) >= 11 is 0. The number of benzene rings is 1. The molecular weight excluding hydrogens is 504 g/mol. The number of nitrogens with one attached hydrogen (secondary N) is 3. The third-order valence-corrected chi connectivity index (χ3v) is 5.40. The van der Waals surface area contributed by atoms with Crippen LogP contribution in [-0.4, -0.2) is 73.7 Å². The van der Waals surface area contributed by atoms with Crippen molar-refractivity contribution < 1.29 is 33.2 Å². The molecule has 1 fully saturated rings. The fourth-order valence-electron chi connectivity index (χ4n) is 3.30. The number of aryl methyl sites for hydroxylation is 2. The average Bonchev–Trinajstić information content (AvgIpc) is 3.48. The van der Waals surface area contributed by atoms with Crippen molar-refractivity contribution in [3.63, 3.8) is 0 Å². The SMILES string of the molecule is CC(C)CC(NC(=O)CNC=O)C(=O)C1(C)CO1.COCC(C)NC(=O)c1cc(C)on1.Cc1ccccc1. The monoisotopic (exact) mass is 546 g/mol. The normalized spacial score (nSPS) is 16.8. The number of hydrogen-bond donors (Lipinski definition) is 3. The molecule has 3 amide bonds. The zero-order valence-electron chi connectivity index (χ0n) is 23.9. The first-order chi connectivity index (χ1) is 18.4. The van der Waals surface area contributed by atoms with Gasteiger partial charge in [-0.25, -0.2) is 0 Å². The van der Waals surface area contributed by atoms with Crippen LogP contribution in [0.3, 0.4) is 0 Å². The number of epoxide rings is 1. The van der Waals surface area contributed by atoms with E-state index in [1.54, 1.807) is 27.0 Å². The highest BCUT2D eigenvalue weighted by molar-refractivity contribution is 5.96. The first-order valence-corrected chi connectivity index (χ1v) is 12.8. The minimum absolute atomic E-state index is 0.0375. The second kappa shape index (κ2) is 17.1. The van der Waals surface area contributed by atoms with Gasteiger partial charge in [-0.15, -0.1) is 0 Å². The molecule has 1 aromatic carbocycles. The Morgan fingerprint density at radius 2 is 1.77 bits per heavy atom. The fourth-order valence-corrected chi connectivity index (χ4v) is 3.30. The highest BCUT2D eigenvalue weighted by Crippen LogP contribution is 2.29. The number of hydrogen-bond acceptors (Lipinski definition) is 8. The molecule has 0 aliphatic carbocycles. The maximum atomic E-state index is 12.1. The van der Waals surface area contributed by atoms with Gasteiger partial charge >= 0.3 is 0 Å². The zero-order chi connectivity index (χ0) is 29.4. The van der Waals surface area contributed by atoms with Gasteiger partial charge in [0.15, 0.2) is 11.5 Å². The summed E-state index contributed by atoms with van der Waals surface area (Å²) in [7, 11) is 1.59. The van der Waals surface area contributed by atoms with Crippen LogP contribution in [-0.2, 0) is 23.9 Å². The number of ketones is 1. The van der Waals surface area contributed by atoms with Crippen LogP contribution in [0.1, 0.15) is 55.9 Å². The highest BCUT2D eigenvalue weighted by Gasteiger charge is 2.50. The molecule has 0 bridgehead atoms. The van der Waals surface area contributed by atoms with Gasteiger partial charge in [-0.3, -0.25) is 19.2 Å². The standard InChI is InChI=1S/C12H20N2O4.C9H14N2O3.C7H8/c1-8(2)4-9(11(17)12(3)6-18-12)14-10(16)5-13-7-15;1-6(5-13-3)10-9(12)8-4-7(2)14-11-8;1-7-5-3-2-4-6-7/h7-9H,4-6H2,1-3H3,(H,13,15)(H,14,16);4,6H,5H2,1-3H3,(H,10,12);2-6H,1H3. The molecule has 3 atom stereocenters. The number of nitrogens with zero attached hydrogens (tertiary/aromatic N) is 1. The molecule has 11 nitrogen and oxygen atoms in total. The van der Waals surface area contributed by atoms with Crippen LogP contribution in [0, 0.1) is 19.8 Å². The number of carbonyl (C=O) groups is 4. The molecule has 1 saturated heterocycles. The maximum Gasteiger partial charge on any atom is 0.273 e. The first kappa shape index (κ1) is 33.5. The Morgan fingerprint density at radius 3 is 2.21 bits per heavy atom. The smallest absolute Gasteiger partial charge is 0.273 e. The summed E-state index contributed by atoms with van der Waals surface area (Å²) < 4.78 is 14.8. The quantitative estimate of drug-likeness (QED) is 0.271. The second-order valence-corrected chi connectivity index (χ2v) is 9.94. The lowest BCUT2D eigenvalue weighted by Gasteiger charge is -2.21. The topological polar surface area (TPSA) is 152 Å². The van der Waals surface area contributed by atoms with E-state index in [1.807, 2.05) is 39.0 Å². The van der Waals surface area contributed by atoms with E-state index in [4.69, 9.17) is 14.0 Å². The molecule has 2 aromatic rings. The number of carbonyl (C=O) groups excluding carboxylic acids is 4. The number of amides is 3. The Hall–Kier alpha value is -3.57. The summed E-state index contributed by atoms with van der Waals surface area (Å²) in [5.41, 5.74) is 0.873. The van der Waals surface area contributed by atoms with E-state index in [-0.39, 0.29) is 36.1 Å². The fraction of sp³-hybridized carbons (Fsp3) is 0.536. The summed E-state index contributed by atoms with van der Waals surface area (Å²) in [5.74, 6) is 0.183. The predicted molar refractivity (Wildman–Crippen MR) is 146 cm³/mol. The summed E-state index contributed by atoms with van der Waals surface area (Å²) in [6.45, 7) is 12.1. The van der Waals surface area contributed by atoms with Gasteiger partial charge in [0.2, 0.25) is 12.3 Å². The van der Waals surface area contributed by atoms with Crippen molar-refractivity contribution in [3.8, 4) is 0 Å². The van der Waals surface area contributed by atoms with E-state index in [0.717, 1.165) is 0 Å². The van der Waals surface area contributed by atoms with Crippen molar-refractivity contribution in [3.05, 3.63) is 53.4 Å². The first-order valence-electron chi connectivity index (χ1n) is 12.8. The van der Waals surface area contributed by atoms with Crippen molar-refractivity contribution >= 4 is 24.0 Å². The van der Waals surface area contributed by atoms with Crippen LogP contribution >= 0.6 is 0 Å². The summed E-state index contributed by atoms with van der Waals surface area (Å²) in [6, 6.07) is 11.3. The van der Waals surface area contributed by atoms with Gasteiger partial charge in [0.25, 0.3) is 5.91 Å². The third-order valence-electron chi connectivity index (χ3n) is 5.40. The Balaban J connectivity index is 0.000000319. The minimum Gasteiger partial charge on any atom is -0.383 e. The van der Waals surface area contributed by atoms with Crippen molar-refractivity contribution in [2.45, 2.75) is 65.6 Å². The number of Topliss-reactive ketones (excluding diaryl/α,β-unsaturated/α-hetero) is 1. The van der Waals surface area contributed by atoms with Crippen molar-refractivity contribution in [2.75, 3.05) is 26.9 Å². The van der Waals surface area contributed by atoms with E-state index < -0.39 is 11.6 Å². The Labute approximate surface area is 230 Å². The predicted octanol–water partition coefficient (Wildman–Crippen LogP) is 2.36. The van der Waals surface area contributed by atoms with Crippen molar-refractivity contribution in [2.24, 2.45) is 5.92 Å². The molecule has 2 heterocycles. The molecule has 0 radical (unpaired) electrons. The number of ether oxygens (including phenoxy) is 2. The molecule has 0 saturated carbocycles. The van der Waals surface area contributed by atoms with Gasteiger partial charge in [0.1, 0.15) is 11.4 Å². The molecule has 39 heavy (non-hydrogen) atoms. The van der Waals surface area contributed by atoms with Crippen LogP contribution in [0.25, 0.3) is 0 Å². The van der Waals surface area contributed by atoms with Crippen molar-refractivity contribution in [1.82, 2.24) is 21.1 Å². The molecule has 1 aliphatic heterocycles. The van der Waals surface area contributed by atoms with Crippen LogP contribution < -0.4 is 16.0 Å². The van der Waals surface area contributed by atoms with Crippen LogP contribution in [0.15, 0.2) is 40.9 Å². The lowest BCUT2D eigenvalue weighted by atomic mass is 9.93. The lowest BCUT2D eigenvalue weighted by molar-refractivity contribution is -0.130. The van der Waals surface area contributed by atoms with Crippen molar-refractivity contribution in [1.29, 1.82) is 0 Å². The van der Waals surface area contributed by atoms with E-state index in [2.05, 4.69) is 40.2 Å². The summed E-state index contributed by atoms with van der Waals surface area (Å²) in [6.07, 6.45) is 1.01. The maximum absolute atomic E-state index is 12.1. The Kier molecular flexibility index (Phi) is 14.7. The molecule has 0 spiro atoms. The van der Waals surface area contributed by atoms with Gasteiger partial charge in [-0.05, 0) is 40.0 Å². The van der Waals surface area contributed by atoms with E-state index in [9.17, 15) is 19.2 Å². The number of methoxy groups -OCH3 is 1. The molecule has 1 aliphatic rings. The zero-order valence-corrected chi connectivity index (χ0v) is 23.9. The van der Waals surface area contributed by atoms with Gasteiger partial charge in [-0.2, -0.15) is 0 Å². The van der Waals surface area contributed by atoms with Gasteiger partial charge < -0.3 is 29.9 Å². The molecular formula is C28H42N4O7. The molecule has 3 N–H and O–H groups in total. The van der Waals surface area contributed by atoms with Crippen LogP contribution in [0.2, 0.25) is 0 Å². The largest absolute Gasteiger partial charge is 0.383 e. The molecule has 11 heteroatoms. The van der Waals surface area contributed by atoms with Crippen LogP contribution in [0.5, 0.6) is 0 Å². The van der Waals surface area contributed by atoms with E-state index in [1.165, 1.54) is 5.56 Å². The second-order valence-electron chi connectivity index (χ2n) is 9.94. The van der Waals surface area contributed by atoms with Gasteiger partial charge in [-0.1, -0.05) is 54.9 Å². The Morgan fingerprint density at radius 1 is 1.13 bits per heavy atom. The summed E-state index contributed by atoms with van der Waals surface area (Å²) in [4.78, 5) is 45.2. The van der Waals surface area contributed by atoms with E-state index >= 15 is 0 Å². The van der Waals surface area contributed by atoms with Gasteiger partial charge in [0.05, 0.1) is 25.8 Å². The highest BCUT2D eigenvalue weighted by atomic mass is 16.6. The van der Waals surface area contributed by atoms with E-state index in [0.29, 0.717) is 37.5 Å². The molecule has 3 unspecified atom stereocenters. The van der Waals surface area contributed by atoms with Crippen LogP contribution in [0.4, 0.5) is 0 Å².